The highest BCUT2D eigenvalue weighted by atomic mass is 16.6. The van der Waals surface area contributed by atoms with Gasteiger partial charge in [0.05, 0.1) is 17.1 Å². The normalized spacial score (nSPS) is 10.3. The van der Waals surface area contributed by atoms with Crippen LogP contribution in [0.3, 0.4) is 0 Å². The molecule has 0 aromatic heterocycles. The van der Waals surface area contributed by atoms with Gasteiger partial charge in [-0.2, -0.15) is 0 Å². The Hall–Kier alpha value is -1.58. The number of unbranched alkanes of at least 4 members (excludes halogenated alkanes) is 3. The van der Waals surface area contributed by atoms with Crippen LogP contribution in [0, 0.1) is 10.1 Å². The molecule has 0 amide bonds. The van der Waals surface area contributed by atoms with Crippen molar-refractivity contribution in [3.63, 3.8) is 0 Å². The maximum absolute atomic E-state index is 10.9. The first-order chi connectivity index (χ1) is 8.70. The molecule has 0 N–H and O–H groups in total. The van der Waals surface area contributed by atoms with Crippen molar-refractivity contribution in [2.24, 2.45) is 0 Å². The average Bonchev–Trinajstić information content (AvgIpc) is 2.38. The summed E-state index contributed by atoms with van der Waals surface area (Å²) in [6.07, 6.45) is 5.16. The largest absolute Gasteiger partial charge is 0.493 e. The Kier molecular flexibility index (Phi) is 6.19. The van der Waals surface area contributed by atoms with Crippen molar-refractivity contribution in [3.05, 3.63) is 33.9 Å². The van der Waals surface area contributed by atoms with Crippen LogP contribution in [-0.4, -0.2) is 11.5 Å². The fourth-order valence-corrected chi connectivity index (χ4v) is 1.93. The molecule has 100 valence electrons. The first-order valence-corrected chi connectivity index (χ1v) is 6.59. The Labute approximate surface area is 108 Å². The Morgan fingerprint density at radius 2 is 2.00 bits per heavy atom. The van der Waals surface area contributed by atoms with E-state index in [0.29, 0.717) is 24.3 Å². The van der Waals surface area contributed by atoms with E-state index in [1.807, 2.05) is 13.0 Å². The summed E-state index contributed by atoms with van der Waals surface area (Å²) < 4.78 is 5.66. The van der Waals surface area contributed by atoms with Gasteiger partial charge >= 0.3 is 0 Å². The minimum absolute atomic E-state index is 0.156. The number of benzene rings is 1. The van der Waals surface area contributed by atoms with Crippen molar-refractivity contribution >= 4 is 5.69 Å². The van der Waals surface area contributed by atoms with E-state index in [0.717, 1.165) is 12.8 Å². The zero-order valence-electron chi connectivity index (χ0n) is 11.1. The van der Waals surface area contributed by atoms with Gasteiger partial charge in [0.1, 0.15) is 5.75 Å². The van der Waals surface area contributed by atoms with Crippen molar-refractivity contribution in [2.45, 2.75) is 46.0 Å². The maximum Gasteiger partial charge on any atom is 0.276 e. The number of rotatable bonds is 8. The summed E-state index contributed by atoms with van der Waals surface area (Å²) in [5.41, 5.74) is 0.849. The Morgan fingerprint density at radius 1 is 1.22 bits per heavy atom. The lowest BCUT2D eigenvalue weighted by Crippen LogP contribution is -2.02. The van der Waals surface area contributed by atoms with Crippen LogP contribution in [0.25, 0.3) is 0 Å². The van der Waals surface area contributed by atoms with Crippen LogP contribution >= 0.6 is 0 Å². The van der Waals surface area contributed by atoms with Crippen molar-refractivity contribution in [2.75, 3.05) is 6.61 Å². The summed E-state index contributed by atoms with van der Waals surface area (Å²) in [6, 6.07) is 5.02. The molecule has 0 fully saturated rings. The van der Waals surface area contributed by atoms with Crippen molar-refractivity contribution in [3.8, 4) is 5.75 Å². The molecule has 0 aliphatic heterocycles. The fraction of sp³-hybridized carbons (Fsp3) is 0.571. The van der Waals surface area contributed by atoms with Crippen LogP contribution in [0.5, 0.6) is 5.75 Å². The van der Waals surface area contributed by atoms with Gasteiger partial charge in [-0.3, -0.25) is 10.1 Å². The quantitative estimate of drug-likeness (QED) is 0.397. The lowest BCUT2D eigenvalue weighted by Gasteiger charge is -2.10. The molecule has 1 aromatic rings. The molecule has 0 atom stereocenters. The van der Waals surface area contributed by atoms with Gasteiger partial charge in [0.25, 0.3) is 5.69 Å². The first-order valence-electron chi connectivity index (χ1n) is 6.59. The van der Waals surface area contributed by atoms with Gasteiger partial charge in [0.2, 0.25) is 0 Å². The monoisotopic (exact) mass is 251 g/mol. The Morgan fingerprint density at radius 3 is 2.61 bits per heavy atom. The van der Waals surface area contributed by atoms with E-state index in [1.54, 1.807) is 6.07 Å². The summed E-state index contributed by atoms with van der Waals surface area (Å²) in [7, 11) is 0. The molecule has 0 aliphatic carbocycles. The molecule has 4 nitrogen and oxygen atoms in total. The van der Waals surface area contributed by atoms with E-state index >= 15 is 0 Å². The topological polar surface area (TPSA) is 52.4 Å². The number of nitrogens with zero attached hydrogens (tertiary/aromatic N) is 1. The predicted octanol–water partition coefficient (Wildman–Crippen LogP) is 4.12. The zero-order valence-corrected chi connectivity index (χ0v) is 11.1. The highest BCUT2D eigenvalue weighted by Gasteiger charge is 2.16. The second-order valence-corrected chi connectivity index (χ2v) is 4.27. The van der Waals surface area contributed by atoms with Crippen LogP contribution in [0.15, 0.2) is 18.2 Å². The second kappa shape index (κ2) is 7.69. The van der Waals surface area contributed by atoms with Gasteiger partial charge in [-0.15, -0.1) is 0 Å². The zero-order chi connectivity index (χ0) is 13.4. The SMILES string of the molecule is CCCCCCOc1cccc([N+](=O)[O-])c1CC. The summed E-state index contributed by atoms with van der Waals surface area (Å²) in [4.78, 5) is 10.6. The molecule has 0 saturated heterocycles. The second-order valence-electron chi connectivity index (χ2n) is 4.27. The average molecular weight is 251 g/mol. The first kappa shape index (κ1) is 14.5. The molecule has 0 spiro atoms. The highest BCUT2D eigenvalue weighted by molar-refractivity contribution is 5.49. The molecule has 1 rings (SSSR count). The van der Waals surface area contributed by atoms with Crippen molar-refractivity contribution in [1.29, 1.82) is 0 Å². The van der Waals surface area contributed by atoms with Gasteiger partial charge in [-0.1, -0.05) is 39.2 Å². The molecular formula is C14H21NO3. The van der Waals surface area contributed by atoms with E-state index in [2.05, 4.69) is 6.92 Å². The third-order valence-electron chi connectivity index (χ3n) is 2.91. The van der Waals surface area contributed by atoms with Gasteiger partial charge in [0, 0.05) is 6.07 Å². The summed E-state index contributed by atoms with van der Waals surface area (Å²) in [5, 5.41) is 10.9. The Balaban J connectivity index is 2.64. The van der Waals surface area contributed by atoms with Crippen molar-refractivity contribution < 1.29 is 9.66 Å². The molecule has 0 unspecified atom stereocenters. The lowest BCUT2D eigenvalue weighted by atomic mass is 10.1. The standard InChI is InChI=1S/C14H21NO3/c1-3-5-6-7-11-18-14-10-8-9-13(15(16)17)12(14)4-2/h8-10H,3-7,11H2,1-2H3. The molecule has 4 heteroatoms. The molecule has 0 saturated carbocycles. The van der Waals surface area contributed by atoms with Crippen LogP contribution in [0.2, 0.25) is 0 Å². The van der Waals surface area contributed by atoms with Gasteiger partial charge < -0.3 is 4.74 Å². The molecule has 0 heterocycles. The van der Waals surface area contributed by atoms with Crippen LogP contribution in [-0.2, 0) is 6.42 Å². The van der Waals surface area contributed by atoms with E-state index < -0.39 is 0 Å². The van der Waals surface area contributed by atoms with Crippen molar-refractivity contribution in [1.82, 2.24) is 0 Å². The molecule has 18 heavy (non-hydrogen) atoms. The highest BCUT2D eigenvalue weighted by Crippen LogP contribution is 2.28. The third-order valence-corrected chi connectivity index (χ3v) is 2.91. The third kappa shape index (κ3) is 4.02. The minimum atomic E-state index is -0.344. The van der Waals surface area contributed by atoms with Gasteiger partial charge in [-0.25, -0.2) is 0 Å². The van der Waals surface area contributed by atoms with E-state index in [9.17, 15) is 10.1 Å². The number of ether oxygens (including phenoxy) is 1. The van der Waals surface area contributed by atoms with E-state index in [4.69, 9.17) is 4.74 Å². The molecule has 0 bridgehead atoms. The van der Waals surface area contributed by atoms with E-state index in [-0.39, 0.29) is 10.6 Å². The van der Waals surface area contributed by atoms with Gasteiger partial charge in [0.15, 0.2) is 0 Å². The molecule has 1 aromatic carbocycles. The molecular weight excluding hydrogens is 230 g/mol. The number of nitro benzene ring substituents is 1. The lowest BCUT2D eigenvalue weighted by molar-refractivity contribution is -0.385. The predicted molar refractivity (Wildman–Crippen MR) is 72.1 cm³/mol. The molecule has 0 aliphatic rings. The van der Waals surface area contributed by atoms with Crippen LogP contribution < -0.4 is 4.74 Å². The number of hydrogen-bond acceptors (Lipinski definition) is 3. The summed E-state index contributed by atoms with van der Waals surface area (Å²) >= 11 is 0. The summed E-state index contributed by atoms with van der Waals surface area (Å²) in [5.74, 6) is 0.656. The maximum atomic E-state index is 10.9. The number of hydrogen-bond donors (Lipinski definition) is 0. The van der Waals surface area contributed by atoms with E-state index in [1.165, 1.54) is 18.9 Å². The smallest absolute Gasteiger partial charge is 0.276 e. The van der Waals surface area contributed by atoms with Crippen LogP contribution in [0.4, 0.5) is 5.69 Å². The molecule has 0 radical (unpaired) electrons. The van der Waals surface area contributed by atoms with Crippen LogP contribution in [0.1, 0.15) is 45.1 Å². The Bertz CT molecular complexity index is 391. The summed E-state index contributed by atoms with van der Waals surface area (Å²) in [6.45, 7) is 4.71. The fourth-order valence-electron chi connectivity index (χ4n) is 1.93. The minimum Gasteiger partial charge on any atom is -0.493 e. The number of nitro groups is 1. The van der Waals surface area contributed by atoms with Gasteiger partial charge in [-0.05, 0) is 18.9 Å².